The maximum Gasteiger partial charge on any atom is 0.0688 e. The Balaban J connectivity index is 1.68. The highest BCUT2D eigenvalue weighted by molar-refractivity contribution is 4.97. The Morgan fingerprint density at radius 1 is 1.42 bits per heavy atom. The van der Waals surface area contributed by atoms with Gasteiger partial charge in [-0.3, -0.25) is 0 Å². The Labute approximate surface area is 75.5 Å². The zero-order valence-electron chi connectivity index (χ0n) is 8.14. The Kier molecular flexibility index (Phi) is 2.40. The van der Waals surface area contributed by atoms with Gasteiger partial charge in [0.2, 0.25) is 0 Å². The molecule has 0 aromatic rings. The van der Waals surface area contributed by atoms with Crippen LogP contribution in [0.25, 0.3) is 0 Å². The van der Waals surface area contributed by atoms with Crippen molar-refractivity contribution in [1.29, 1.82) is 0 Å². The topological polar surface area (TPSA) is 9.23 Å². The van der Waals surface area contributed by atoms with Crippen molar-refractivity contribution in [3.63, 3.8) is 0 Å². The summed E-state index contributed by atoms with van der Waals surface area (Å²) in [5, 5.41) is 0. The van der Waals surface area contributed by atoms with Gasteiger partial charge in [-0.05, 0) is 31.6 Å². The highest BCUT2D eigenvalue weighted by Gasteiger charge is 2.46. The first-order valence-corrected chi connectivity index (χ1v) is 5.49. The summed E-state index contributed by atoms with van der Waals surface area (Å²) in [7, 11) is 0. The van der Waals surface area contributed by atoms with Crippen molar-refractivity contribution in [2.24, 2.45) is 5.92 Å². The van der Waals surface area contributed by atoms with E-state index in [0.717, 1.165) is 12.5 Å². The monoisotopic (exact) mass is 168 g/mol. The normalized spacial score (nSPS) is 40.2. The molecule has 0 aromatic carbocycles. The zero-order valence-corrected chi connectivity index (χ0v) is 8.14. The van der Waals surface area contributed by atoms with E-state index in [1.807, 2.05) is 0 Å². The van der Waals surface area contributed by atoms with Gasteiger partial charge >= 0.3 is 0 Å². The van der Waals surface area contributed by atoms with E-state index in [4.69, 9.17) is 4.74 Å². The van der Waals surface area contributed by atoms with Crippen molar-refractivity contribution in [3.8, 4) is 0 Å². The molecule has 2 aliphatic rings. The third-order valence-corrected chi connectivity index (χ3v) is 3.47. The van der Waals surface area contributed by atoms with Crippen LogP contribution < -0.4 is 0 Å². The van der Waals surface area contributed by atoms with E-state index in [9.17, 15) is 0 Å². The second-order valence-corrected chi connectivity index (χ2v) is 4.55. The van der Waals surface area contributed by atoms with Gasteiger partial charge in [0.25, 0.3) is 0 Å². The Morgan fingerprint density at radius 2 is 2.25 bits per heavy atom. The van der Waals surface area contributed by atoms with Crippen molar-refractivity contribution in [2.75, 3.05) is 6.61 Å². The summed E-state index contributed by atoms with van der Waals surface area (Å²) < 4.78 is 5.79. The van der Waals surface area contributed by atoms with Gasteiger partial charge in [0.05, 0.1) is 5.60 Å². The molecule has 0 radical (unpaired) electrons. The molecule has 0 bridgehead atoms. The van der Waals surface area contributed by atoms with E-state index >= 15 is 0 Å². The molecule has 2 fully saturated rings. The Bertz CT molecular complexity index is 139. The van der Waals surface area contributed by atoms with Crippen molar-refractivity contribution < 1.29 is 4.74 Å². The Hall–Kier alpha value is -0.0400. The van der Waals surface area contributed by atoms with Crippen molar-refractivity contribution in [1.82, 2.24) is 0 Å². The van der Waals surface area contributed by atoms with Gasteiger partial charge in [0.15, 0.2) is 0 Å². The summed E-state index contributed by atoms with van der Waals surface area (Å²) in [5.74, 6) is 1.00. The van der Waals surface area contributed by atoms with Gasteiger partial charge in [-0.15, -0.1) is 0 Å². The second-order valence-electron chi connectivity index (χ2n) is 4.55. The van der Waals surface area contributed by atoms with Crippen LogP contribution in [0.3, 0.4) is 0 Å². The number of hydrogen-bond acceptors (Lipinski definition) is 1. The third kappa shape index (κ3) is 1.52. The SMILES string of the molecule is CCCCC1CC2(CCCO2)C1. The van der Waals surface area contributed by atoms with Gasteiger partial charge < -0.3 is 4.74 Å². The second kappa shape index (κ2) is 3.37. The molecule has 0 unspecified atom stereocenters. The minimum Gasteiger partial charge on any atom is -0.375 e. The third-order valence-electron chi connectivity index (χ3n) is 3.47. The molecule has 0 atom stereocenters. The summed E-state index contributed by atoms with van der Waals surface area (Å²) in [4.78, 5) is 0. The first-order chi connectivity index (χ1) is 5.85. The van der Waals surface area contributed by atoms with Crippen LogP contribution in [-0.4, -0.2) is 12.2 Å². The lowest BCUT2D eigenvalue weighted by Gasteiger charge is -2.44. The molecule has 1 heteroatoms. The molecule has 70 valence electrons. The van der Waals surface area contributed by atoms with E-state index in [1.54, 1.807) is 0 Å². The van der Waals surface area contributed by atoms with E-state index in [-0.39, 0.29) is 0 Å². The molecule has 1 heterocycles. The number of unbranched alkanes of at least 4 members (excludes halogenated alkanes) is 1. The molecule has 0 amide bonds. The molecule has 1 saturated carbocycles. The smallest absolute Gasteiger partial charge is 0.0688 e. The summed E-state index contributed by atoms with van der Waals surface area (Å²) in [6.45, 7) is 3.31. The van der Waals surface area contributed by atoms with Crippen LogP contribution in [0.4, 0.5) is 0 Å². The van der Waals surface area contributed by atoms with Gasteiger partial charge in [-0.25, -0.2) is 0 Å². The maximum atomic E-state index is 5.79. The predicted molar refractivity (Wildman–Crippen MR) is 50.2 cm³/mol. The fourth-order valence-electron chi connectivity index (χ4n) is 2.77. The quantitative estimate of drug-likeness (QED) is 0.629. The zero-order chi connectivity index (χ0) is 8.44. The van der Waals surface area contributed by atoms with Gasteiger partial charge in [-0.1, -0.05) is 26.2 Å². The highest BCUT2D eigenvalue weighted by atomic mass is 16.5. The standard InChI is InChI=1S/C11H20O/c1-2-3-5-10-8-11(9-10)6-4-7-12-11/h10H,2-9H2,1H3. The van der Waals surface area contributed by atoms with Gasteiger partial charge in [0.1, 0.15) is 0 Å². The van der Waals surface area contributed by atoms with Crippen LogP contribution >= 0.6 is 0 Å². The lowest BCUT2D eigenvalue weighted by Crippen LogP contribution is -2.43. The number of rotatable bonds is 3. The Morgan fingerprint density at radius 3 is 2.83 bits per heavy atom. The van der Waals surface area contributed by atoms with E-state index in [2.05, 4.69) is 6.92 Å². The molecule has 1 nitrogen and oxygen atoms in total. The van der Waals surface area contributed by atoms with Crippen molar-refractivity contribution in [3.05, 3.63) is 0 Å². The molecule has 1 aliphatic heterocycles. The first kappa shape index (κ1) is 8.55. The molecule has 12 heavy (non-hydrogen) atoms. The van der Waals surface area contributed by atoms with Crippen LogP contribution in [0.15, 0.2) is 0 Å². The summed E-state index contributed by atoms with van der Waals surface area (Å²) in [6, 6.07) is 0. The van der Waals surface area contributed by atoms with Crippen molar-refractivity contribution in [2.45, 2.75) is 57.5 Å². The average molecular weight is 168 g/mol. The average Bonchev–Trinajstić information content (AvgIpc) is 2.46. The summed E-state index contributed by atoms with van der Waals surface area (Å²) in [5.41, 5.74) is 0.387. The molecule has 1 saturated heterocycles. The van der Waals surface area contributed by atoms with Gasteiger partial charge in [-0.2, -0.15) is 0 Å². The van der Waals surface area contributed by atoms with Crippen LogP contribution in [0, 0.1) is 5.92 Å². The van der Waals surface area contributed by atoms with Crippen LogP contribution in [-0.2, 0) is 4.74 Å². The summed E-state index contributed by atoms with van der Waals surface area (Å²) in [6.07, 6.45) is 9.60. The van der Waals surface area contributed by atoms with Gasteiger partial charge in [0, 0.05) is 6.61 Å². The minimum atomic E-state index is 0.387. The highest BCUT2D eigenvalue weighted by Crippen LogP contribution is 2.48. The van der Waals surface area contributed by atoms with Crippen molar-refractivity contribution >= 4 is 0 Å². The largest absolute Gasteiger partial charge is 0.375 e. The van der Waals surface area contributed by atoms with E-state index in [1.165, 1.54) is 44.9 Å². The molecular weight excluding hydrogens is 148 g/mol. The van der Waals surface area contributed by atoms with E-state index < -0.39 is 0 Å². The maximum absolute atomic E-state index is 5.79. The minimum absolute atomic E-state index is 0.387. The lowest BCUT2D eigenvalue weighted by atomic mass is 9.68. The lowest BCUT2D eigenvalue weighted by molar-refractivity contribution is -0.0926. The first-order valence-electron chi connectivity index (χ1n) is 5.49. The molecule has 1 spiro atoms. The fourth-order valence-corrected chi connectivity index (χ4v) is 2.77. The van der Waals surface area contributed by atoms with Crippen LogP contribution in [0.2, 0.25) is 0 Å². The number of hydrogen-bond donors (Lipinski definition) is 0. The molecule has 0 aromatic heterocycles. The van der Waals surface area contributed by atoms with Crippen LogP contribution in [0.5, 0.6) is 0 Å². The number of ether oxygens (including phenoxy) is 1. The fraction of sp³-hybridized carbons (Fsp3) is 1.00. The molecule has 1 aliphatic carbocycles. The summed E-state index contributed by atoms with van der Waals surface area (Å²) >= 11 is 0. The van der Waals surface area contributed by atoms with Crippen LogP contribution in [0.1, 0.15) is 51.9 Å². The van der Waals surface area contributed by atoms with E-state index in [0.29, 0.717) is 5.60 Å². The molecular formula is C11H20O. The molecule has 2 rings (SSSR count). The predicted octanol–water partition coefficient (Wildman–Crippen LogP) is 3.14. The molecule has 0 N–H and O–H groups in total.